The lowest BCUT2D eigenvalue weighted by molar-refractivity contribution is -0.917. The van der Waals surface area contributed by atoms with Gasteiger partial charge in [0.15, 0.2) is 12.5 Å². The van der Waals surface area contributed by atoms with E-state index < -0.39 is 0 Å². The Bertz CT molecular complexity index is 955. The van der Waals surface area contributed by atoms with Gasteiger partial charge in [0.2, 0.25) is 4.77 Å². The van der Waals surface area contributed by atoms with E-state index in [2.05, 4.69) is 35.9 Å². The summed E-state index contributed by atoms with van der Waals surface area (Å²) < 4.78 is 9.88. The van der Waals surface area contributed by atoms with Crippen LogP contribution in [0.4, 0.5) is 0 Å². The van der Waals surface area contributed by atoms with Gasteiger partial charge >= 0.3 is 0 Å². The SMILES string of the molecule is COCCCn1c(-c2ccccc2Cl)nn(C[NH+](C)Cc2ccccc2)c1=S. The molecule has 1 N–H and O–H groups in total. The normalized spacial score (nSPS) is 12.2. The Morgan fingerprint density at radius 2 is 1.82 bits per heavy atom. The number of hydrogen-bond donors (Lipinski definition) is 1. The summed E-state index contributed by atoms with van der Waals surface area (Å²) in [5.41, 5.74) is 2.18. The Hall–Kier alpha value is -1.99. The minimum atomic E-state index is 0.674. The molecule has 7 heteroatoms. The number of halogens is 1. The summed E-state index contributed by atoms with van der Waals surface area (Å²) in [5, 5.41) is 5.50. The molecule has 0 fully saturated rings. The van der Waals surface area contributed by atoms with E-state index in [9.17, 15) is 0 Å². The van der Waals surface area contributed by atoms with Crippen molar-refractivity contribution in [2.75, 3.05) is 20.8 Å². The number of quaternary nitrogens is 1. The first-order chi connectivity index (χ1) is 13.6. The van der Waals surface area contributed by atoms with Gasteiger partial charge in [0, 0.05) is 31.4 Å². The monoisotopic (exact) mass is 417 g/mol. The van der Waals surface area contributed by atoms with E-state index >= 15 is 0 Å². The highest BCUT2D eigenvalue weighted by molar-refractivity contribution is 7.71. The molecule has 0 amide bonds. The lowest BCUT2D eigenvalue weighted by atomic mass is 10.2. The molecule has 0 saturated carbocycles. The third-order valence-corrected chi connectivity index (χ3v) is 5.30. The Kier molecular flexibility index (Phi) is 7.39. The Balaban J connectivity index is 1.88. The molecule has 5 nitrogen and oxygen atoms in total. The molecule has 28 heavy (non-hydrogen) atoms. The zero-order valence-electron chi connectivity index (χ0n) is 16.3. The van der Waals surface area contributed by atoms with Gasteiger partial charge in [-0.1, -0.05) is 54.1 Å². The molecular weight excluding hydrogens is 392 g/mol. The molecule has 0 aliphatic heterocycles. The van der Waals surface area contributed by atoms with Crippen LogP contribution in [0, 0.1) is 4.77 Å². The van der Waals surface area contributed by atoms with E-state index in [1.807, 2.05) is 35.0 Å². The largest absolute Gasteiger partial charge is 0.385 e. The molecule has 1 atom stereocenters. The van der Waals surface area contributed by atoms with Gasteiger partial charge in [0.05, 0.1) is 12.1 Å². The van der Waals surface area contributed by atoms with Gasteiger partial charge < -0.3 is 9.64 Å². The minimum absolute atomic E-state index is 0.674. The van der Waals surface area contributed by atoms with Crippen molar-refractivity contribution in [3.8, 4) is 11.4 Å². The second-order valence-electron chi connectivity index (χ2n) is 6.86. The first-order valence-corrected chi connectivity index (χ1v) is 10.2. The highest BCUT2D eigenvalue weighted by Gasteiger charge is 2.17. The van der Waals surface area contributed by atoms with Gasteiger partial charge in [-0.2, -0.15) is 4.68 Å². The van der Waals surface area contributed by atoms with Gasteiger partial charge in [0.25, 0.3) is 0 Å². The molecule has 3 rings (SSSR count). The summed E-state index contributed by atoms with van der Waals surface area (Å²) in [5.74, 6) is 0.805. The van der Waals surface area contributed by atoms with E-state index in [-0.39, 0.29) is 0 Å². The third-order valence-electron chi connectivity index (χ3n) is 4.54. The molecule has 0 saturated heterocycles. The van der Waals surface area contributed by atoms with Crippen LogP contribution in [0.15, 0.2) is 54.6 Å². The second-order valence-corrected chi connectivity index (χ2v) is 7.63. The molecule has 0 bridgehead atoms. The zero-order valence-corrected chi connectivity index (χ0v) is 17.8. The average Bonchev–Trinajstić information content (AvgIpc) is 2.99. The number of hydrogen-bond acceptors (Lipinski definition) is 3. The molecule has 0 spiro atoms. The fourth-order valence-corrected chi connectivity index (χ4v) is 3.71. The number of benzene rings is 2. The van der Waals surface area contributed by atoms with Crippen LogP contribution in [0.2, 0.25) is 5.02 Å². The number of ether oxygens (including phenoxy) is 1. The van der Waals surface area contributed by atoms with Gasteiger partial charge in [-0.25, -0.2) is 0 Å². The van der Waals surface area contributed by atoms with Crippen LogP contribution in [-0.4, -0.2) is 35.1 Å². The van der Waals surface area contributed by atoms with Gasteiger partial charge in [-0.3, -0.25) is 4.57 Å². The zero-order chi connectivity index (χ0) is 19.9. The lowest BCUT2D eigenvalue weighted by Crippen LogP contribution is -3.07. The molecule has 0 aliphatic carbocycles. The maximum Gasteiger partial charge on any atom is 0.203 e. The predicted octanol–water partition coefficient (Wildman–Crippen LogP) is 3.44. The molecule has 1 unspecified atom stereocenters. The summed E-state index contributed by atoms with van der Waals surface area (Å²) in [6.45, 7) is 3.00. The van der Waals surface area contributed by atoms with Crippen LogP contribution >= 0.6 is 23.8 Å². The van der Waals surface area contributed by atoms with Crippen molar-refractivity contribution in [1.29, 1.82) is 0 Å². The number of aromatic nitrogens is 3. The van der Waals surface area contributed by atoms with Crippen molar-refractivity contribution in [3.63, 3.8) is 0 Å². The van der Waals surface area contributed by atoms with Crippen molar-refractivity contribution in [2.45, 2.75) is 26.2 Å². The van der Waals surface area contributed by atoms with Crippen LogP contribution in [0.3, 0.4) is 0 Å². The van der Waals surface area contributed by atoms with E-state index in [0.29, 0.717) is 23.1 Å². The van der Waals surface area contributed by atoms with Gasteiger partial charge in [-0.15, -0.1) is 5.10 Å². The van der Waals surface area contributed by atoms with Crippen LogP contribution in [0.25, 0.3) is 11.4 Å². The Labute approximate surface area is 176 Å². The number of nitrogens with zero attached hydrogens (tertiary/aromatic N) is 3. The maximum absolute atomic E-state index is 6.44. The quantitative estimate of drug-likeness (QED) is 0.428. The molecule has 1 heterocycles. The standard InChI is InChI=1S/C21H25ClN4OS/c1-24(15-17-9-4-3-5-10-17)16-26-21(28)25(13-8-14-27-2)20(23-26)18-11-6-7-12-19(18)22/h3-7,9-12H,8,13-16H2,1-2H3/p+1. The molecule has 2 aromatic carbocycles. The number of rotatable bonds is 9. The first kappa shape index (κ1) is 20.7. The summed E-state index contributed by atoms with van der Waals surface area (Å²) in [4.78, 5) is 1.30. The van der Waals surface area contributed by atoms with Crippen LogP contribution in [0.1, 0.15) is 12.0 Å². The Morgan fingerprint density at radius 3 is 2.54 bits per heavy atom. The van der Waals surface area contributed by atoms with Crippen molar-refractivity contribution in [2.24, 2.45) is 0 Å². The van der Waals surface area contributed by atoms with Gasteiger partial charge in [0.1, 0.15) is 6.54 Å². The highest BCUT2D eigenvalue weighted by atomic mass is 35.5. The van der Waals surface area contributed by atoms with E-state index in [0.717, 1.165) is 30.9 Å². The van der Waals surface area contributed by atoms with Crippen molar-refractivity contribution >= 4 is 23.8 Å². The minimum Gasteiger partial charge on any atom is -0.385 e. The van der Waals surface area contributed by atoms with Crippen LogP contribution in [0.5, 0.6) is 0 Å². The first-order valence-electron chi connectivity index (χ1n) is 9.37. The summed E-state index contributed by atoms with van der Waals surface area (Å²) >= 11 is 12.2. The highest BCUT2D eigenvalue weighted by Crippen LogP contribution is 2.26. The van der Waals surface area contributed by atoms with E-state index in [4.69, 9.17) is 33.7 Å². The van der Waals surface area contributed by atoms with Gasteiger partial charge in [-0.05, 0) is 30.8 Å². The molecule has 3 aromatic rings. The summed E-state index contributed by atoms with van der Waals surface area (Å²) in [7, 11) is 3.85. The fourth-order valence-electron chi connectivity index (χ4n) is 3.21. The van der Waals surface area contributed by atoms with Crippen molar-refractivity contribution in [1.82, 2.24) is 14.3 Å². The Morgan fingerprint density at radius 1 is 1.11 bits per heavy atom. The van der Waals surface area contributed by atoms with E-state index in [1.165, 1.54) is 10.5 Å². The fraction of sp³-hybridized carbons (Fsp3) is 0.333. The summed E-state index contributed by atoms with van der Waals surface area (Å²) in [6.07, 6.45) is 0.862. The van der Waals surface area contributed by atoms with Crippen molar-refractivity contribution < 1.29 is 9.64 Å². The smallest absolute Gasteiger partial charge is 0.203 e. The summed E-state index contributed by atoms with van der Waals surface area (Å²) in [6, 6.07) is 18.2. The predicted molar refractivity (Wildman–Crippen MR) is 115 cm³/mol. The molecule has 148 valence electrons. The van der Waals surface area contributed by atoms with Crippen molar-refractivity contribution in [3.05, 3.63) is 70.0 Å². The molecule has 0 radical (unpaired) electrons. The third kappa shape index (κ3) is 5.08. The number of methoxy groups -OCH3 is 1. The van der Waals surface area contributed by atoms with Crippen LogP contribution in [-0.2, 0) is 24.5 Å². The molecule has 0 aliphatic rings. The number of nitrogens with one attached hydrogen (secondary N) is 1. The maximum atomic E-state index is 6.44. The molecular formula is C21H26ClN4OS+. The average molecular weight is 418 g/mol. The second kappa shape index (κ2) is 9.98. The molecule has 1 aromatic heterocycles. The van der Waals surface area contributed by atoms with E-state index in [1.54, 1.807) is 7.11 Å². The topological polar surface area (TPSA) is 36.4 Å². The van der Waals surface area contributed by atoms with Crippen LogP contribution < -0.4 is 4.90 Å². The lowest BCUT2D eigenvalue weighted by Gasteiger charge is -2.13.